The molecule has 8 heteroatoms. The molecule has 0 aliphatic heterocycles. The first-order chi connectivity index (χ1) is 8.38. The second-order valence-electron chi connectivity index (χ2n) is 3.47. The molecule has 0 bridgehead atoms. The normalized spacial score (nSPS) is 11.5. The highest BCUT2D eigenvalue weighted by atomic mass is 19.4. The molecular formula is C10H11F3N2O3. The summed E-state index contributed by atoms with van der Waals surface area (Å²) in [6, 6.07) is 5.77. The quantitative estimate of drug-likeness (QED) is 0.486. The first kappa shape index (κ1) is 14.4. The summed E-state index contributed by atoms with van der Waals surface area (Å²) >= 11 is 0. The van der Waals surface area contributed by atoms with E-state index in [0.717, 1.165) is 5.56 Å². The first-order valence-corrected chi connectivity index (χ1v) is 5.03. The van der Waals surface area contributed by atoms with Crippen LogP contribution in [0.5, 0.6) is 0 Å². The van der Waals surface area contributed by atoms with Crippen LogP contribution in [0, 0.1) is 10.1 Å². The van der Waals surface area contributed by atoms with E-state index in [-0.39, 0.29) is 12.2 Å². The Labute approximate surface area is 101 Å². The van der Waals surface area contributed by atoms with Gasteiger partial charge in [0.1, 0.15) is 0 Å². The van der Waals surface area contributed by atoms with Gasteiger partial charge < -0.3 is 0 Å². The molecule has 0 spiro atoms. The van der Waals surface area contributed by atoms with E-state index in [1.165, 1.54) is 12.1 Å². The van der Waals surface area contributed by atoms with Crippen molar-refractivity contribution < 1.29 is 22.9 Å². The maximum atomic E-state index is 11.7. The maximum absolute atomic E-state index is 11.7. The topological polar surface area (TPSA) is 64.4 Å². The summed E-state index contributed by atoms with van der Waals surface area (Å²) in [6.07, 6.45) is -3.95. The van der Waals surface area contributed by atoms with Crippen LogP contribution in [0.2, 0.25) is 0 Å². The van der Waals surface area contributed by atoms with Crippen molar-refractivity contribution in [3.8, 4) is 0 Å². The van der Waals surface area contributed by atoms with E-state index in [9.17, 15) is 23.3 Å². The number of hydroxylamine groups is 1. The predicted octanol–water partition coefficient (Wildman–Crippen LogP) is 2.22. The molecule has 5 nitrogen and oxygen atoms in total. The number of rotatable bonds is 6. The summed E-state index contributed by atoms with van der Waals surface area (Å²) in [6.45, 7) is -1.17. The lowest BCUT2D eigenvalue weighted by Gasteiger charge is -2.08. The average Bonchev–Trinajstić information content (AvgIpc) is 2.27. The minimum Gasteiger partial charge on any atom is -0.292 e. The van der Waals surface area contributed by atoms with Gasteiger partial charge >= 0.3 is 6.18 Å². The molecule has 1 aromatic rings. The zero-order chi connectivity index (χ0) is 13.6. The summed E-state index contributed by atoms with van der Waals surface area (Å²) < 4.78 is 35.1. The molecule has 0 radical (unpaired) electrons. The Morgan fingerprint density at radius 3 is 2.39 bits per heavy atom. The highest BCUT2D eigenvalue weighted by Gasteiger charge is 2.27. The Hall–Kier alpha value is -1.67. The lowest BCUT2D eigenvalue weighted by atomic mass is 10.1. The van der Waals surface area contributed by atoms with Crippen LogP contribution >= 0.6 is 0 Å². The molecule has 1 aromatic carbocycles. The van der Waals surface area contributed by atoms with Gasteiger partial charge in [0.25, 0.3) is 5.69 Å². The van der Waals surface area contributed by atoms with Crippen LogP contribution in [0.25, 0.3) is 0 Å². The summed E-state index contributed by atoms with van der Waals surface area (Å²) in [5.41, 5.74) is 2.91. The van der Waals surface area contributed by atoms with E-state index >= 15 is 0 Å². The van der Waals surface area contributed by atoms with Gasteiger partial charge in [0.15, 0.2) is 6.61 Å². The number of hydrogen-bond donors (Lipinski definition) is 1. The second kappa shape index (κ2) is 6.31. The Balaban J connectivity index is 2.25. The third-order valence-corrected chi connectivity index (χ3v) is 2.00. The number of nitrogens with zero attached hydrogens (tertiary/aromatic N) is 1. The largest absolute Gasteiger partial charge is 0.413 e. The molecule has 0 aliphatic carbocycles. The van der Waals surface area contributed by atoms with E-state index in [1.807, 2.05) is 0 Å². The van der Waals surface area contributed by atoms with Crippen molar-refractivity contribution in [2.24, 2.45) is 0 Å². The third kappa shape index (κ3) is 5.60. The van der Waals surface area contributed by atoms with E-state index in [4.69, 9.17) is 0 Å². The smallest absolute Gasteiger partial charge is 0.292 e. The van der Waals surface area contributed by atoms with Crippen LogP contribution in [0.4, 0.5) is 18.9 Å². The molecule has 0 atom stereocenters. The van der Waals surface area contributed by atoms with Crippen molar-refractivity contribution in [1.82, 2.24) is 5.48 Å². The van der Waals surface area contributed by atoms with Crippen LogP contribution < -0.4 is 5.48 Å². The minimum atomic E-state index is -4.36. The highest BCUT2D eigenvalue weighted by Crippen LogP contribution is 2.14. The molecule has 18 heavy (non-hydrogen) atoms. The molecular weight excluding hydrogens is 253 g/mol. The highest BCUT2D eigenvalue weighted by molar-refractivity contribution is 5.32. The fraction of sp³-hybridized carbons (Fsp3) is 0.400. The molecule has 0 fully saturated rings. The van der Waals surface area contributed by atoms with Gasteiger partial charge in [0, 0.05) is 18.7 Å². The van der Waals surface area contributed by atoms with E-state index in [2.05, 4.69) is 10.3 Å². The third-order valence-electron chi connectivity index (χ3n) is 2.00. The van der Waals surface area contributed by atoms with Crippen molar-refractivity contribution in [1.29, 1.82) is 0 Å². The monoisotopic (exact) mass is 264 g/mol. The standard InChI is InChI=1S/C10H11F3N2O3/c11-10(12,13)7-18-14-6-5-8-1-3-9(4-2-8)15(16)17/h1-4,14H,5-7H2. The number of alkyl halides is 3. The summed E-state index contributed by atoms with van der Waals surface area (Å²) in [7, 11) is 0. The first-order valence-electron chi connectivity index (χ1n) is 5.03. The molecule has 0 saturated heterocycles. The fourth-order valence-electron chi connectivity index (χ4n) is 1.18. The van der Waals surface area contributed by atoms with Gasteiger partial charge in [-0.25, -0.2) is 5.48 Å². The maximum Gasteiger partial charge on any atom is 0.413 e. The van der Waals surface area contributed by atoms with Crippen LogP contribution in [-0.4, -0.2) is 24.3 Å². The molecule has 0 aromatic heterocycles. The van der Waals surface area contributed by atoms with E-state index in [0.29, 0.717) is 6.42 Å². The molecule has 0 amide bonds. The summed E-state index contributed by atoms with van der Waals surface area (Å²) in [4.78, 5) is 14.1. The Kier molecular flexibility index (Phi) is 5.05. The zero-order valence-electron chi connectivity index (χ0n) is 9.24. The fourth-order valence-corrected chi connectivity index (χ4v) is 1.18. The number of nitro benzene ring substituents is 1. The number of non-ortho nitro benzene ring substituents is 1. The predicted molar refractivity (Wildman–Crippen MR) is 56.8 cm³/mol. The van der Waals surface area contributed by atoms with Gasteiger partial charge in [0.05, 0.1) is 4.92 Å². The lowest BCUT2D eigenvalue weighted by Crippen LogP contribution is -2.26. The van der Waals surface area contributed by atoms with Crippen LogP contribution in [-0.2, 0) is 11.3 Å². The van der Waals surface area contributed by atoms with Gasteiger partial charge in [-0.05, 0) is 12.0 Å². The van der Waals surface area contributed by atoms with Crippen LogP contribution in [0.1, 0.15) is 5.56 Å². The van der Waals surface area contributed by atoms with Gasteiger partial charge in [0.2, 0.25) is 0 Å². The summed E-state index contributed by atoms with van der Waals surface area (Å²) in [5, 5.41) is 10.4. The van der Waals surface area contributed by atoms with Crippen LogP contribution in [0.15, 0.2) is 24.3 Å². The van der Waals surface area contributed by atoms with Crippen molar-refractivity contribution in [2.75, 3.05) is 13.2 Å². The molecule has 1 N–H and O–H groups in total. The van der Waals surface area contributed by atoms with Crippen molar-refractivity contribution in [3.63, 3.8) is 0 Å². The van der Waals surface area contributed by atoms with E-state index in [1.54, 1.807) is 12.1 Å². The van der Waals surface area contributed by atoms with Gasteiger partial charge in [-0.15, -0.1) is 0 Å². The second-order valence-corrected chi connectivity index (χ2v) is 3.47. The van der Waals surface area contributed by atoms with Gasteiger partial charge in [-0.3, -0.25) is 15.0 Å². The summed E-state index contributed by atoms with van der Waals surface area (Å²) in [5.74, 6) is 0. The van der Waals surface area contributed by atoms with Crippen molar-refractivity contribution in [3.05, 3.63) is 39.9 Å². The zero-order valence-corrected chi connectivity index (χ0v) is 9.24. The molecule has 0 heterocycles. The molecule has 0 unspecified atom stereocenters. The Bertz CT molecular complexity index is 392. The molecule has 1 rings (SSSR count). The number of hydrogen-bond acceptors (Lipinski definition) is 4. The van der Waals surface area contributed by atoms with Crippen molar-refractivity contribution >= 4 is 5.69 Å². The molecule has 0 aliphatic rings. The van der Waals surface area contributed by atoms with Crippen molar-refractivity contribution in [2.45, 2.75) is 12.6 Å². The molecule has 0 saturated carbocycles. The number of halogens is 3. The Morgan fingerprint density at radius 2 is 1.89 bits per heavy atom. The Morgan fingerprint density at radius 1 is 1.28 bits per heavy atom. The number of benzene rings is 1. The number of nitro groups is 1. The van der Waals surface area contributed by atoms with Gasteiger partial charge in [-0.1, -0.05) is 12.1 Å². The SMILES string of the molecule is O=[N+]([O-])c1ccc(CCNOCC(F)(F)F)cc1. The van der Waals surface area contributed by atoms with Gasteiger partial charge in [-0.2, -0.15) is 13.2 Å². The number of nitrogens with one attached hydrogen (secondary N) is 1. The van der Waals surface area contributed by atoms with Crippen LogP contribution in [0.3, 0.4) is 0 Å². The lowest BCUT2D eigenvalue weighted by molar-refractivity contribution is -0.384. The van der Waals surface area contributed by atoms with E-state index < -0.39 is 17.7 Å². The minimum absolute atomic E-state index is 0.0277. The molecule has 100 valence electrons. The average molecular weight is 264 g/mol.